The predicted octanol–water partition coefficient (Wildman–Crippen LogP) is 1.43. The largest absolute Gasteiger partial charge is 0.755 e. The van der Waals surface area contributed by atoms with E-state index in [0.717, 1.165) is 5.56 Å². The zero-order chi connectivity index (χ0) is 48.2. The van der Waals surface area contributed by atoms with Gasteiger partial charge < -0.3 is 59.7 Å². The zero-order valence-electron chi connectivity index (χ0n) is 35.3. The molecule has 3 aromatic rings. The third kappa shape index (κ3) is 19.7. The molecule has 0 spiro atoms. The standard InChI is InChI=1S/C40H54N8O16S/c49-31(43-39(12-5-33(51)52,13-6-34(53)54)14-7-35(55)56)25-47-21-18-41-29(47)23-46(20-11-27-1-3-28(4-2-27)45-65(63)64)24-30-42-19-22-48(30)26-32(50)44-40(15-8-36(57)58,16-9-37(59)60)17-10-38(61)62/h1-4,18-19,21-22,45H,5-17,20,23-26H2,(H,43,49)(H,44,50)(H,51,52)(H,53,54)(H,55,56)(H,57,58)(H,59,60)(H,61,62)(H,63,64)/p-1. The Kier molecular flexibility index (Phi) is 20.7. The third-order valence-corrected chi connectivity index (χ3v) is 10.9. The third-order valence-electron chi connectivity index (χ3n) is 10.5. The molecule has 2 heterocycles. The Hall–Kier alpha value is -6.73. The number of rotatable bonds is 33. The molecule has 0 aliphatic carbocycles. The summed E-state index contributed by atoms with van der Waals surface area (Å²) in [5.41, 5.74) is -1.82. The van der Waals surface area contributed by atoms with Gasteiger partial charge in [-0.05, 0) is 62.6 Å². The van der Waals surface area contributed by atoms with Crippen LogP contribution in [0.3, 0.4) is 0 Å². The molecular weight excluding hydrogens is 881 g/mol. The van der Waals surface area contributed by atoms with E-state index in [9.17, 15) is 77.8 Å². The van der Waals surface area contributed by atoms with Crippen LogP contribution in [-0.4, -0.2) is 129 Å². The van der Waals surface area contributed by atoms with Crippen molar-refractivity contribution < 1.29 is 77.8 Å². The lowest BCUT2D eigenvalue weighted by atomic mass is 9.83. The number of amides is 2. The van der Waals surface area contributed by atoms with Gasteiger partial charge in [0.25, 0.3) is 0 Å². The average Bonchev–Trinajstić information content (AvgIpc) is 3.85. The lowest BCUT2D eigenvalue weighted by Gasteiger charge is -2.34. The molecule has 0 fully saturated rings. The van der Waals surface area contributed by atoms with Gasteiger partial charge in [0.2, 0.25) is 11.8 Å². The number of aliphatic carboxylic acids is 6. The molecular formula is C40H53N8O16S-. The van der Waals surface area contributed by atoms with Gasteiger partial charge in [0.1, 0.15) is 24.7 Å². The van der Waals surface area contributed by atoms with Crippen LogP contribution in [0.25, 0.3) is 0 Å². The summed E-state index contributed by atoms with van der Waals surface area (Å²) >= 11 is -2.54. The van der Waals surface area contributed by atoms with Gasteiger partial charge in [0.05, 0.1) is 13.1 Å². The quantitative estimate of drug-likeness (QED) is 0.0390. The van der Waals surface area contributed by atoms with E-state index in [4.69, 9.17) is 0 Å². The minimum atomic E-state index is -2.54. The Labute approximate surface area is 374 Å². The molecule has 2 amide bonds. The number of carbonyl (C=O) groups is 8. The van der Waals surface area contributed by atoms with Gasteiger partial charge in [-0.2, -0.15) is 0 Å². The van der Waals surface area contributed by atoms with Gasteiger partial charge in [-0.25, -0.2) is 9.97 Å². The summed E-state index contributed by atoms with van der Waals surface area (Å²) in [6, 6.07) is 6.55. The highest BCUT2D eigenvalue weighted by Crippen LogP contribution is 2.28. The lowest BCUT2D eigenvalue weighted by molar-refractivity contribution is -0.141. The van der Waals surface area contributed by atoms with Crippen LogP contribution in [0.5, 0.6) is 0 Å². The van der Waals surface area contributed by atoms with Crippen LogP contribution in [0.2, 0.25) is 0 Å². The van der Waals surface area contributed by atoms with E-state index in [0.29, 0.717) is 30.3 Å². The van der Waals surface area contributed by atoms with Crippen LogP contribution in [-0.2, 0) is 82.2 Å². The van der Waals surface area contributed by atoms with E-state index in [-0.39, 0.29) is 64.7 Å². The highest BCUT2D eigenvalue weighted by molar-refractivity contribution is 7.80. The maximum Gasteiger partial charge on any atom is 0.303 e. The molecule has 65 heavy (non-hydrogen) atoms. The number of nitrogens with one attached hydrogen (secondary N) is 3. The molecule has 356 valence electrons. The molecule has 0 aliphatic heterocycles. The molecule has 3 rings (SSSR count). The second-order valence-corrected chi connectivity index (χ2v) is 16.1. The van der Waals surface area contributed by atoms with Gasteiger partial charge in [-0.15, -0.1) is 0 Å². The van der Waals surface area contributed by atoms with E-state index in [1.54, 1.807) is 24.3 Å². The maximum atomic E-state index is 13.6. The van der Waals surface area contributed by atoms with Gasteiger partial charge >= 0.3 is 35.8 Å². The van der Waals surface area contributed by atoms with Crippen LogP contribution >= 0.6 is 0 Å². The smallest absolute Gasteiger partial charge is 0.303 e. The van der Waals surface area contributed by atoms with Crippen molar-refractivity contribution in [3.8, 4) is 0 Å². The fourth-order valence-corrected chi connectivity index (χ4v) is 7.52. The minimum Gasteiger partial charge on any atom is -0.755 e. The van der Waals surface area contributed by atoms with Gasteiger partial charge in [0.15, 0.2) is 0 Å². The number of nitrogens with zero attached hydrogens (tertiary/aromatic N) is 5. The number of imidazole rings is 2. The van der Waals surface area contributed by atoms with E-state index >= 15 is 0 Å². The summed E-state index contributed by atoms with van der Waals surface area (Å²) < 4.78 is 27.5. The van der Waals surface area contributed by atoms with Gasteiger partial charge in [0, 0.05) is 97.9 Å². The highest BCUT2D eigenvalue weighted by Gasteiger charge is 2.35. The Balaban J connectivity index is 1.91. The Bertz CT molecular complexity index is 1950. The molecule has 0 saturated carbocycles. The topological polar surface area (TPSA) is 373 Å². The average molecular weight is 934 g/mol. The molecule has 1 aromatic carbocycles. The maximum absolute atomic E-state index is 13.6. The number of hydrogen-bond donors (Lipinski definition) is 9. The lowest BCUT2D eigenvalue weighted by Crippen LogP contribution is -2.50. The Morgan fingerprint density at radius 1 is 0.585 bits per heavy atom. The Morgan fingerprint density at radius 2 is 0.923 bits per heavy atom. The van der Waals surface area contributed by atoms with Crippen molar-refractivity contribution in [3.63, 3.8) is 0 Å². The molecule has 25 heteroatoms. The molecule has 0 radical (unpaired) electrons. The van der Waals surface area contributed by atoms with Crippen molar-refractivity contribution in [2.45, 2.75) is 121 Å². The molecule has 2 aromatic heterocycles. The molecule has 24 nitrogen and oxygen atoms in total. The minimum absolute atomic E-state index is 0.0546. The fraction of sp³-hybridized carbons (Fsp3) is 0.500. The van der Waals surface area contributed by atoms with Gasteiger partial charge in [-0.1, -0.05) is 12.1 Å². The van der Waals surface area contributed by atoms with E-state index in [1.807, 2.05) is 4.90 Å². The number of hydrogen-bond acceptors (Lipinski definition) is 13. The van der Waals surface area contributed by atoms with Crippen molar-refractivity contribution in [1.29, 1.82) is 0 Å². The first kappa shape index (κ1) is 52.6. The molecule has 0 aliphatic rings. The summed E-state index contributed by atoms with van der Waals surface area (Å²) in [5.74, 6) is -8.01. The van der Waals surface area contributed by atoms with Crippen molar-refractivity contribution in [1.82, 2.24) is 34.6 Å². The van der Waals surface area contributed by atoms with Crippen molar-refractivity contribution in [3.05, 3.63) is 66.3 Å². The number of benzene rings is 1. The summed E-state index contributed by atoms with van der Waals surface area (Å²) in [5, 5.41) is 61.8. The summed E-state index contributed by atoms with van der Waals surface area (Å²) in [6.45, 7) is -0.354. The summed E-state index contributed by atoms with van der Waals surface area (Å²) in [4.78, 5) is 107. The molecule has 0 saturated heterocycles. The normalized spacial score (nSPS) is 12.0. The second-order valence-electron chi connectivity index (χ2n) is 15.5. The number of anilines is 1. The summed E-state index contributed by atoms with van der Waals surface area (Å²) in [6.07, 6.45) is 2.02. The van der Waals surface area contributed by atoms with Crippen LogP contribution in [0, 0.1) is 0 Å². The molecule has 0 bridgehead atoms. The fourth-order valence-electron chi connectivity index (χ4n) is 7.19. The van der Waals surface area contributed by atoms with E-state index < -0.39 is 108 Å². The van der Waals surface area contributed by atoms with Crippen LogP contribution in [0.15, 0.2) is 49.1 Å². The number of carbonyl (C=O) groups excluding carboxylic acids is 2. The predicted molar refractivity (Wildman–Crippen MR) is 224 cm³/mol. The molecule has 1 unspecified atom stereocenters. The van der Waals surface area contributed by atoms with Crippen molar-refractivity contribution >= 4 is 64.6 Å². The number of carboxylic acid groups (broad SMARTS) is 6. The second kappa shape index (κ2) is 25.5. The SMILES string of the molecule is O=C(O)CCC(CCC(=O)O)(CCC(=O)O)NC(=O)Cn1ccnc1CN(CCc1ccc(NS(=O)[O-])cc1)Cc1nccn1CC(=O)NC(CCC(=O)O)(CCC(=O)O)CCC(=O)O. The first-order valence-electron chi connectivity index (χ1n) is 20.3. The number of carboxylic acids is 6. The molecule has 1 atom stereocenters. The van der Waals surface area contributed by atoms with Crippen LogP contribution in [0.4, 0.5) is 5.69 Å². The highest BCUT2D eigenvalue weighted by atomic mass is 32.2. The van der Waals surface area contributed by atoms with Crippen LogP contribution in [0.1, 0.15) is 94.3 Å². The van der Waals surface area contributed by atoms with Crippen LogP contribution < -0.4 is 15.4 Å². The van der Waals surface area contributed by atoms with E-state index in [2.05, 4.69) is 25.3 Å². The Morgan fingerprint density at radius 3 is 1.23 bits per heavy atom. The zero-order valence-corrected chi connectivity index (χ0v) is 36.1. The van der Waals surface area contributed by atoms with Crippen molar-refractivity contribution in [2.75, 3.05) is 11.3 Å². The number of aromatic nitrogens is 4. The first-order chi connectivity index (χ1) is 30.7. The van der Waals surface area contributed by atoms with E-state index in [1.165, 1.54) is 33.9 Å². The van der Waals surface area contributed by atoms with Gasteiger partial charge in [-0.3, -0.25) is 47.5 Å². The molecule has 9 N–H and O–H groups in total. The summed E-state index contributed by atoms with van der Waals surface area (Å²) in [7, 11) is 0. The van der Waals surface area contributed by atoms with Crippen molar-refractivity contribution in [2.24, 2.45) is 0 Å². The monoisotopic (exact) mass is 933 g/mol. The first-order valence-corrected chi connectivity index (χ1v) is 21.3.